The van der Waals surface area contributed by atoms with Gasteiger partial charge in [-0.1, -0.05) is 60.7 Å². The lowest BCUT2D eigenvalue weighted by molar-refractivity contribution is -0.129. The molecule has 4 aromatic carbocycles. The van der Waals surface area contributed by atoms with Gasteiger partial charge in [0.25, 0.3) is 0 Å². The van der Waals surface area contributed by atoms with Crippen LogP contribution in [-0.2, 0) is 16.1 Å². The molecule has 1 aliphatic heterocycles. The number of nitrogens with zero attached hydrogens (tertiary/aromatic N) is 1. The normalized spacial score (nSPS) is 14.4. The minimum Gasteiger partial charge on any atom is -0.487 e. The van der Waals surface area contributed by atoms with Gasteiger partial charge in [-0.05, 0) is 84.1 Å². The van der Waals surface area contributed by atoms with Gasteiger partial charge < -0.3 is 9.47 Å². The Balaban J connectivity index is 1.39. The highest BCUT2D eigenvalue weighted by atomic mass is 79.9. The fourth-order valence-electron chi connectivity index (χ4n) is 3.54. The lowest BCUT2D eigenvalue weighted by Crippen LogP contribution is -2.05. The van der Waals surface area contributed by atoms with Crippen molar-refractivity contribution in [1.82, 2.24) is 0 Å². The SMILES string of the molecule is O=C1OC(c2ccc3ccccc3c2)=N/C1=C\c1cc(Br)c(OCc2ccccc2)c(Br)c1. The standard InChI is InChI=1S/C27H17Br2NO3/c28-22-12-18(13-23(29)25(22)32-16-17-6-2-1-3-7-17)14-24-27(31)33-26(30-24)21-11-10-19-8-4-5-9-20(19)15-21/h1-15H,16H2/b24-14-. The fourth-order valence-corrected chi connectivity index (χ4v) is 4.99. The average Bonchev–Trinajstić information content (AvgIpc) is 3.19. The van der Waals surface area contributed by atoms with Crippen molar-refractivity contribution in [3.8, 4) is 5.75 Å². The zero-order valence-electron chi connectivity index (χ0n) is 17.3. The van der Waals surface area contributed by atoms with E-state index < -0.39 is 5.97 Å². The summed E-state index contributed by atoms with van der Waals surface area (Å²) in [6.45, 7) is 0.449. The number of fused-ring (bicyclic) bond motifs is 1. The molecule has 6 heteroatoms. The summed E-state index contributed by atoms with van der Waals surface area (Å²) in [4.78, 5) is 16.9. The molecule has 4 aromatic rings. The number of carbonyl (C=O) groups excluding carboxylic acids is 1. The molecule has 162 valence electrons. The molecular formula is C27H17Br2NO3. The molecule has 1 heterocycles. The van der Waals surface area contributed by atoms with Crippen LogP contribution in [0.1, 0.15) is 16.7 Å². The van der Waals surface area contributed by atoms with Gasteiger partial charge in [0, 0.05) is 5.56 Å². The molecule has 0 radical (unpaired) electrons. The number of hydrogen-bond donors (Lipinski definition) is 0. The first kappa shape index (κ1) is 21.6. The van der Waals surface area contributed by atoms with E-state index in [1.165, 1.54) is 0 Å². The molecule has 0 bridgehead atoms. The number of ether oxygens (including phenoxy) is 2. The summed E-state index contributed by atoms with van der Waals surface area (Å²) >= 11 is 7.14. The molecule has 0 spiro atoms. The molecular weight excluding hydrogens is 546 g/mol. The van der Waals surface area contributed by atoms with Gasteiger partial charge in [-0.2, -0.15) is 0 Å². The van der Waals surface area contributed by atoms with E-state index in [2.05, 4.69) is 36.9 Å². The van der Waals surface area contributed by atoms with Gasteiger partial charge in [-0.3, -0.25) is 0 Å². The van der Waals surface area contributed by atoms with E-state index >= 15 is 0 Å². The van der Waals surface area contributed by atoms with Crippen molar-refractivity contribution in [1.29, 1.82) is 0 Å². The zero-order chi connectivity index (χ0) is 22.8. The lowest BCUT2D eigenvalue weighted by atomic mass is 10.1. The number of benzene rings is 4. The van der Waals surface area contributed by atoms with Gasteiger partial charge in [0.05, 0.1) is 8.95 Å². The Bertz CT molecular complexity index is 1410. The maximum absolute atomic E-state index is 12.5. The van der Waals surface area contributed by atoms with E-state index in [1.54, 1.807) is 6.08 Å². The second-order valence-electron chi connectivity index (χ2n) is 7.49. The third kappa shape index (κ3) is 4.77. The number of carbonyl (C=O) groups is 1. The van der Waals surface area contributed by atoms with E-state index in [4.69, 9.17) is 9.47 Å². The first-order valence-electron chi connectivity index (χ1n) is 10.2. The zero-order valence-corrected chi connectivity index (χ0v) is 20.5. The first-order chi connectivity index (χ1) is 16.1. The number of hydrogen-bond acceptors (Lipinski definition) is 4. The number of aliphatic imine (C=N–C) groups is 1. The van der Waals surface area contributed by atoms with Crippen LogP contribution in [-0.4, -0.2) is 11.9 Å². The minimum absolute atomic E-state index is 0.245. The van der Waals surface area contributed by atoms with Gasteiger partial charge in [0.15, 0.2) is 5.70 Å². The number of halogens is 2. The summed E-state index contributed by atoms with van der Waals surface area (Å²) in [6.07, 6.45) is 1.70. The Morgan fingerprint density at radius 1 is 0.848 bits per heavy atom. The Labute approximate surface area is 207 Å². The molecule has 0 fully saturated rings. The topological polar surface area (TPSA) is 47.9 Å². The average molecular weight is 563 g/mol. The summed E-state index contributed by atoms with van der Waals surface area (Å²) in [5.74, 6) is 0.517. The molecule has 5 rings (SSSR count). The molecule has 0 aliphatic carbocycles. The first-order valence-corrected chi connectivity index (χ1v) is 11.8. The maximum Gasteiger partial charge on any atom is 0.363 e. The predicted octanol–water partition coefficient (Wildman–Crippen LogP) is 7.29. The number of rotatable bonds is 5. The van der Waals surface area contributed by atoms with Crippen LogP contribution < -0.4 is 4.74 Å². The van der Waals surface area contributed by atoms with Gasteiger partial charge in [0.1, 0.15) is 12.4 Å². The molecule has 0 amide bonds. The minimum atomic E-state index is -0.477. The van der Waals surface area contributed by atoms with E-state index in [-0.39, 0.29) is 5.70 Å². The Kier molecular flexibility index (Phi) is 6.11. The van der Waals surface area contributed by atoms with Crippen LogP contribution in [0.4, 0.5) is 0 Å². The van der Waals surface area contributed by atoms with Gasteiger partial charge >= 0.3 is 5.97 Å². The van der Waals surface area contributed by atoms with Crippen molar-refractivity contribution in [2.75, 3.05) is 0 Å². The number of esters is 1. The summed E-state index contributed by atoms with van der Waals surface area (Å²) in [7, 11) is 0. The van der Waals surface area contributed by atoms with E-state index in [9.17, 15) is 4.79 Å². The quantitative estimate of drug-likeness (QED) is 0.189. The molecule has 0 aromatic heterocycles. The summed E-state index contributed by atoms with van der Waals surface area (Å²) in [5, 5.41) is 2.18. The van der Waals surface area contributed by atoms with Crippen molar-refractivity contribution < 1.29 is 14.3 Å². The third-order valence-corrected chi connectivity index (χ3v) is 6.34. The van der Waals surface area contributed by atoms with Gasteiger partial charge in [0.2, 0.25) is 5.90 Å². The second kappa shape index (κ2) is 9.33. The molecule has 33 heavy (non-hydrogen) atoms. The van der Waals surface area contributed by atoms with Crippen LogP contribution in [0, 0.1) is 0 Å². The third-order valence-electron chi connectivity index (χ3n) is 5.17. The Morgan fingerprint density at radius 2 is 1.55 bits per heavy atom. The van der Waals surface area contributed by atoms with Crippen LogP contribution in [0.25, 0.3) is 16.8 Å². The van der Waals surface area contributed by atoms with Crippen molar-refractivity contribution in [3.63, 3.8) is 0 Å². The molecule has 1 aliphatic rings. The molecule has 0 unspecified atom stereocenters. The van der Waals surface area contributed by atoms with Gasteiger partial charge in [-0.15, -0.1) is 0 Å². The van der Waals surface area contributed by atoms with Crippen molar-refractivity contribution in [2.24, 2.45) is 4.99 Å². The summed E-state index contributed by atoms with van der Waals surface area (Å²) < 4.78 is 13.0. The second-order valence-corrected chi connectivity index (χ2v) is 9.19. The molecule has 0 saturated heterocycles. The molecule has 0 N–H and O–H groups in total. The fraction of sp³-hybridized carbons (Fsp3) is 0.0370. The molecule has 4 nitrogen and oxygen atoms in total. The molecule has 0 saturated carbocycles. The largest absolute Gasteiger partial charge is 0.487 e. The van der Waals surface area contributed by atoms with Crippen LogP contribution in [0.2, 0.25) is 0 Å². The molecule has 0 atom stereocenters. The number of cyclic esters (lactones) is 1. The van der Waals surface area contributed by atoms with Crippen molar-refractivity contribution in [3.05, 3.63) is 116 Å². The van der Waals surface area contributed by atoms with Crippen molar-refractivity contribution >= 4 is 60.6 Å². The predicted molar refractivity (Wildman–Crippen MR) is 137 cm³/mol. The Morgan fingerprint density at radius 3 is 2.30 bits per heavy atom. The summed E-state index contributed by atoms with van der Waals surface area (Å²) in [5.41, 5.74) is 2.87. The highest BCUT2D eigenvalue weighted by molar-refractivity contribution is 9.11. The van der Waals surface area contributed by atoms with Crippen LogP contribution in [0.5, 0.6) is 5.75 Å². The van der Waals surface area contributed by atoms with Gasteiger partial charge in [-0.25, -0.2) is 9.79 Å². The Hall–Kier alpha value is -3.22. The lowest BCUT2D eigenvalue weighted by Gasteiger charge is -2.11. The van der Waals surface area contributed by atoms with E-state index in [0.29, 0.717) is 18.3 Å². The highest BCUT2D eigenvalue weighted by Crippen LogP contribution is 2.36. The maximum atomic E-state index is 12.5. The van der Waals surface area contributed by atoms with E-state index in [0.717, 1.165) is 36.4 Å². The smallest absolute Gasteiger partial charge is 0.363 e. The monoisotopic (exact) mass is 561 g/mol. The summed E-state index contributed by atoms with van der Waals surface area (Å²) in [6, 6.07) is 27.6. The van der Waals surface area contributed by atoms with Crippen LogP contribution in [0.3, 0.4) is 0 Å². The van der Waals surface area contributed by atoms with Crippen molar-refractivity contribution in [2.45, 2.75) is 6.61 Å². The highest BCUT2D eigenvalue weighted by Gasteiger charge is 2.24. The van der Waals surface area contributed by atoms with Crippen LogP contribution >= 0.6 is 31.9 Å². The van der Waals surface area contributed by atoms with E-state index in [1.807, 2.05) is 84.9 Å². The van der Waals surface area contributed by atoms with Crippen LogP contribution in [0.15, 0.2) is 105 Å².